The normalized spacial score (nSPS) is 11.0. The van der Waals surface area contributed by atoms with Crippen LogP contribution in [-0.4, -0.2) is 13.0 Å². The van der Waals surface area contributed by atoms with Crippen molar-refractivity contribution in [2.75, 3.05) is 0 Å². The zero-order valence-corrected chi connectivity index (χ0v) is 20.1. The van der Waals surface area contributed by atoms with Crippen molar-refractivity contribution in [1.82, 2.24) is 0 Å². The van der Waals surface area contributed by atoms with E-state index >= 15 is 0 Å². The molecule has 2 rings (SSSR count). The van der Waals surface area contributed by atoms with Crippen molar-refractivity contribution in [2.45, 2.75) is 57.3 Å². The summed E-state index contributed by atoms with van der Waals surface area (Å²) in [5.74, 6) is 0. The van der Waals surface area contributed by atoms with Crippen molar-refractivity contribution in [3.63, 3.8) is 0 Å². The molecule has 0 saturated heterocycles. The maximum Gasteiger partial charge on any atom is 1.00 e. The zero-order chi connectivity index (χ0) is 16.2. The summed E-state index contributed by atoms with van der Waals surface area (Å²) in [4.78, 5) is 0.116. The summed E-state index contributed by atoms with van der Waals surface area (Å²) in [6.07, 6.45) is 5.52. The van der Waals surface area contributed by atoms with Crippen LogP contribution in [0.4, 0.5) is 0 Å². The predicted octanol–water partition coefficient (Wildman–Crippen LogP) is -0.995. The molecule has 0 bridgehead atoms. The first-order valence-corrected chi connectivity index (χ1v) is 9.44. The first kappa shape index (κ1) is 24.6. The van der Waals surface area contributed by atoms with Crippen LogP contribution in [0.5, 0.6) is 0 Å². The first-order valence-electron chi connectivity index (χ1n) is 8.00. The van der Waals surface area contributed by atoms with Crippen LogP contribution in [0.1, 0.15) is 53.5 Å². The molecule has 0 aromatic heterocycles. The van der Waals surface area contributed by atoms with E-state index in [0.29, 0.717) is 11.8 Å². The number of hydrogen-bond acceptors (Lipinski definition) is 2. The van der Waals surface area contributed by atoms with E-state index in [1.54, 1.807) is 6.07 Å². The minimum Gasteiger partial charge on any atom is -1.00 e. The third kappa shape index (κ3) is 6.10. The maximum atomic E-state index is 12.0. The van der Waals surface area contributed by atoms with Gasteiger partial charge in [0.05, 0.1) is 0 Å². The number of hydrogen-bond donors (Lipinski definition) is 1. The Morgan fingerprint density at radius 2 is 1.58 bits per heavy atom. The fourth-order valence-corrected chi connectivity index (χ4v) is 3.93. The van der Waals surface area contributed by atoms with Gasteiger partial charge in [0.15, 0.2) is 0 Å². The predicted molar refractivity (Wildman–Crippen MR) is 93.2 cm³/mol. The molecule has 0 spiro atoms. The van der Waals surface area contributed by atoms with Gasteiger partial charge >= 0.3 is 59.1 Å². The van der Waals surface area contributed by atoms with Crippen molar-refractivity contribution < 1.29 is 74.9 Å². The largest absolute Gasteiger partial charge is 1.00 e. The Labute approximate surface area is 192 Å². The summed E-state index contributed by atoms with van der Waals surface area (Å²) < 4.78 is 33.8. The molecule has 124 valence electrons. The van der Waals surface area contributed by atoms with Crippen LogP contribution in [0, 0.1) is 0 Å². The Kier molecular flexibility index (Phi) is 11.6. The third-order valence-electron chi connectivity index (χ3n) is 4.03. The van der Waals surface area contributed by atoms with Crippen LogP contribution in [-0.2, 0) is 23.0 Å². The fraction of sp³-hybridized carbons (Fsp3) is 0.444. The Morgan fingerprint density at radius 3 is 2.17 bits per heavy atom. The molecule has 2 aromatic carbocycles. The molecular weight excluding hydrogens is 342 g/mol. The van der Waals surface area contributed by atoms with Gasteiger partial charge in [-0.05, 0) is 42.2 Å². The summed E-state index contributed by atoms with van der Waals surface area (Å²) in [6, 6.07) is 9.48. The number of fused-ring (bicyclic) bond motifs is 1. The maximum absolute atomic E-state index is 12.0. The minimum absolute atomic E-state index is 0. The summed E-state index contributed by atoms with van der Waals surface area (Å²) in [5, 5.41) is 1.50. The molecule has 0 unspecified atom stereocenters. The average Bonchev–Trinajstić information content (AvgIpc) is 2.48. The van der Waals surface area contributed by atoms with E-state index in [9.17, 15) is 13.0 Å². The van der Waals surface area contributed by atoms with Crippen molar-refractivity contribution in [3.05, 3.63) is 41.5 Å². The third-order valence-corrected chi connectivity index (χ3v) is 5.02. The van der Waals surface area contributed by atoms with Gasteiger partial charge in [0.25, 0.3) is 10.1 Å². The van der Waals surface area contributed by atoms with Crippen LogP contribution in [0.15, 0.2) is 35.2 Å². The number of benzene rings is 2. The van der Waals surface area contributed by atoms with E-state index in [1.165, 1.54) is 0 Å². The molecule has 6 heteroatoms. The molecule has 0 fully saturated rings. The van der Waals surface area contributed by atoms with Crippen molar-refractivity contribution >= 4 is 20.9 Å². The van der Waals surface area contributed by atoms with Crippen molar-refractivity contribution in [1.29, 1.82) is 0 Å². The molecule has 0 amide bonds. The number of rotatable bonds is 7. The molecule has 3 nitrogen and oxygen atoms in total. The Hall–Kier alpha value is 0.610. The molecule has 0 radical (unpaired) electrons. The standard InChI is InChI=1S/C18H24O3S.2Na.2H/c1-3-5-9-14-13-15-10-7-8-12-17(15)18(22(19,20)21)16(14)11-6-4-2;;;;/h7-8,10,12-13H,3-6,9,11H2,1-2H3,(H,19,20,21);;;;/q;2*+1;2*-1. The van der Waals surface area contributed by atoms with Gasteiger partial charge in [-0.3, -0.25) is 4.55 Å². The molecule has 0 heterocycles. The van der Waals surface area contributed by atoms with Crippen molar-refractivity contribution in [2.24, 2.45) is 0 Å². The summed E-state index contributed by atoms with van der Waals surface area (Å²) in [5.41, 5.74) is 1.86. The topological polar surface area (TPSA) is 54.4 Å². The Balaban J connectivity index is -0.00000132. The number of aryl methyl sites for hydroxylation is 1. The molecular formula is C18H26Na2O3S. The van der Waals surface area contributed by atoms with E-state index in [2.05, 4.69) is 19.9 Å². The quantitative estimate of drug-likeness (QED) is 0.504. The van der Waals surface area contributed by atoms with Gasteiger partial charge in [-0.2, -0.15) is 8.42 Å². The second-order valence-electron chi connectivity index (χ2n) is 5.75. The molecule has 0 aliphatic rings. The van der Waals surface area contributed by atoms with Gasteiger partial charge in [-0.1, -0.05) is 57.0 Å². The van der Waals surface area contributed by atoms with Crippen LogP contribution in [0.25, 0.3) is 10.8 Å². The van der Waals surface area contributed by atoms with Crippen LogP contribution in [0.2, 0.25) is 0 Å². The SMILES string of the molecule is CCCCc1cc2ccccc2c(S(=O)(=O)O)c1CCCC.[H-].[H-].[Na+].[Na+]. The second kappa shape index (κ2) is 11.3. The van der Waals surface area contributed by atoms with Gasteiger partial charge in [0, 0.05) is 5.39 Å². The first-order chi connectivity index (χ1) is 10.5. The molecule has 0 saturated carbocycles. The summed E-state index contributed by atoms with van der Waals surface area (Å²) in [6.45, 7) is 4.20. The summed E-state index contributed by atoms with van der Waals surface area (Å²) in [7, 11) is -4.24. The van der Waals surface area contributed by atoms with Crippen LogP contribution in [0.3, 0.4) is 0 Å². The van der Waals surface area contributed by atoms with Crippen LogP contribution < -0.4 is 59.1 Å². The van der Waals surface area contributed by atoms with Crippen LogP contribution >= 0.6 is 0 Å². The summed E-state index contributed by atoms with van der Waals surface area (Å²) >= 11 is 0. The molecule has 1 N–H and O–H groups in total. The van der Waals surface area contributed by atoms with E-state index in [-0.39, 0.29) is 66.9 Å². The Morgan fingerprint density at radius 1 is 1.00 bits per heavy atom. The monoisotopic (exact) mass is 368 g/mol. The zero-order valence-electron chi connectivity index (χ0n) is 17.3. The average molecular weight is 368 g/mol. The van der Waals surface area contributed by atoms with Gasteiger partial charge in [-0.15, -0.1) is 0 Å². The van der Waals surface area contributed by atoms with E-state index in [0.717, 1.165) is 48.6 Å². The fourth-order valence-electron chi connectivity index (χ4n) is 2.93. The molecule has 24 heavy (non-hydrogen) atoms. The Bertz CT molecular complexity index is 768. The molecule has 0 aliphatic carbocycles. The molecule has 2 aromatic rings. The molecule has 0 atom stereocenters. The smallest absolute Gasteiger partial charge is 1.00 e. The van der Waals surface area contributed by atoms with Gasteiger partial charge in [-0.25, -0.2) is 0 Å². The van der Waals surface area contributed by atoms with Crippen molar-refractivity contribution in [3.8, 4) is 0 Å². The van der Waals surface area contributed by atoms with Gasteiger partial charge in [0.2, 0.25) is 0 Å². The van der Waals surface area contributed by atoms with E-state index in [1.807, 2.05) is 18.2 Å². The number of unbranched alkanes of at least 4 members (excludes halogenated alkanes) is 2. The second-order valence-corrected chi connectivity index (χ2v) is 7.11. The van der Waals surface area contributed by atoms with Gasteiger partial charge in [0.1, 0.15) is 4.90 Å². The van der Waals surface area contributed by atoms with E-state index in [4.69, 9.17) is 0 Å². The van der Waals surface area contributed by atoms with Gasteiger partial charge < -0.3 is 2.85 Å². The minimum atomic E-state index is -4.24. The molecule has 0 aliphatic heterocycles. The van der Waals surface area contributed by atoms with E-state index < -0.39 is 10.1 Å².